The Bertz CT molecular complexity index is 1280. The zero-order chi connectivity index (χ0) is 42.9. The molecular formula is C43H88O7Si4. The highest BCUT2D eigenvalue weighted by Crippen LogP contribution is 2.52. The van der Waals surface area contributed by atoms with Crippen LogP contribution in [-0.2, 0) is 32.0 Å². The van der Waals surface area contributed by atoms with Gasteiger partial charge in [-0.15, -0.1) is 0 Å². The van der Waals surface area contributed by atoms with E-state index < -0.39 is 62.9 Å². The van der Waals surface area contributed by atoms with Crippen LogP contribution in [0.3, 0.4) is 0 Å². The minimum absolute atomic E-state index is 0.00194. The summed E-state index contributed by atoms with van der Waals surface area (Å²) in [5.41, 5.74) is -0.717. The topological polar surface area (TPSA) is 83.6 Å². The first kappa shape index (κ1) is 51.8. The highest BCUT2D eigenvalue weighted by Gasteiger charge is 2.65. The molecule has 1 saturated heterocycles. The lowest BCUT2D eigenvalue weighted by Gasteiger charge is -2.46. The van der Waals surface area contributed by atoms with Crippen molar-refractivity contribution in [1.82, 2.24) is 0 Å². The molecular weight excluding hydrogens is 741 g/mol. The maximum Gasteiger partial charge on any atom is 0.192 e. The minimum atomic E-state index is -2.47. The molecule has 54 heavy (non-hydrogen) atoms. The van der Waals surface area contributed by atoms with Crippen LogP contribution in [0.25, 0.3) is 0 Å². The molecule has 7 atom stereocenters. The fourth-order valence-electron chi connectivity index (χ4n) is 5.78. The average molecular weight is 830 g/mol. The number of carbonyl (C=O) groups is 2. The molecule has 0 radical (unpaired) electrons. The number of hydrogen-bond donors (Lipinski definition) is 0. The van der Waals surface area contributed by atoms with Crippen molar-refractivity contribution in [2.75, 3.05) is 13.2 Å². The molecule has 0 aromatic heterocycles. The molecule has 0 spiro atoms. The number of Topliss-reactive ketones (excluding diaryl/α,β-unsaturated/α-hetero) is 2. The van der Waals surface area contributed by atoms with Gasteiger partial charge in [0.05, 0.1) is 30.1 Å². The van der Waals surface area contributed by atoms with Gasteiger partial charge in [0.25, 0.3) is 0 Å². The van der Waals surface area contributed by atoms with E-state index in [-0.39, 0.29) is 63.4 Å². The molecule has 11 heteroatoms. The molecule has 1 aliphatic heterocycles. The molecule has 318 valence electrons. The van der Waals surface area contributed by atoms with Crippen LogP contribution in [0.4, 0.5) is 0 Å². The highest BCUT2D eigenvalue weighted by molar-refractivity contribution is 6.75. The first-order valence-corrected chi connectivity index (χ1v) is 32.5. The normalized spacial score (nSPS) is 22.6. The summed E-state index contributed by atoms with van der Waals surface area (Å²) in [5.74, 6) is -1.15. The second kappa shape index (κ2) is 17.9. The third-order valence-electron chi connectivity index (χ3n) is 14.1. The molecule has 0 N–H and O–H groups in total. The summed E-state index contributed by atoms with van der Waals surface area (Å²) in [4.78, 5) is 29.5. The van der Waals surface area contributed by atoms with Crippen LogP contribution in [-0.4, -0.2) is 82.0 Å². The molecule has 7 nitrogen and oxygen atoms in total. The molecule has 0 aliphatic carbocycles. The van der Waals surface area contributed by atoms with Gasteiger partial charge in [-0.3, -0.25) is 9.59 Å². The number of hydrogen-bond acceptors (Lipinski definition) is 7. The third kappa shape index (κ3) is 12.9. The predicted molar refractivity (Wildman–Crippen MR) is 240 cm³/mol. The Labute approximate surface area is 338 Å². The fraction of sp³-hybridized carbons (Fsp3) is 0.907. The monoisotopic (exact) mass is 829 g/mol. The summed E-state index contributed by atoms with van der Waals surface area (Å²) in [7, 11) is -9.57. The van der Waals surface area contributed by atoms with E-state index in [1.807, 2.05) is 13.8 Å². The molecule has 0 aromatic rings. The first-order valence-electron chi connectivity index (χ1n) is 20.8. The lowest BCUT2D eigenvalue weighted by Crippen LogP contribution is -2.57. The van der Waals surface area contributed by atoms with E-state index in [2.05, 4.69) is 161 Å². The van der Waals surface area contributed by atoms with Crippen molar-refractivity contribution in [3.8, 4) is 0 Å². The number of ketones is 2. The summed E-state index contributed by atoms with van der Waals surface area (Å²) in [5, 5.41) is -0.370. The van der Waals surface area contributed by atoms with Crippen molar-refractivity contribution >= 4 is 44.8 Å². The van der Waals surface area contributed by atoms with Crippen molar-refractivity contribution in [3.63, 3.8) is 0 Å². The zero-order valence-corrected chi connectivity index (χ0v) is 43.8. The Morgan fingerprint density at radius 1 is 0.685 bits per heavy atom. The van der Waals surface area contributed by atoms with Crippen molar-refractivity contribution in [1.29, 1.82) is 0 Å². The minimum Gasteiger partial charge on any atom is -0.416 e. The number of epoxide rings is 1. The summed E-state index contributed by atoms with van der Waals surface area (Å²) < 4.78 is 35.5. The fourth-order valence-corrected chi connectivity index (χ4v) is 10.6. The van der Waals surface area contributed by atoms with Crippen molar-refractivity contribution < 1.29 is 32.0 Å². The van der Waals surface area contributed by atoms with E-state index in [9.17, 15) is 4.79 Å². The van der Waals surface area contributed by atoms with Crippen molar-refractivity contribution in [2.45, 2.75) is 220 Å². The maximum absolute atomic E-state index is 16.0. The standard InChI is InChI=1S/C43H88O7Si4/c1-25-27-31(3)37-43(16,48-37)38(50-54(23,24)42(13,14)15)34(30-47-52(19,20)40(7,8)9)36(45)33(29-46-51(17,18)39(4,5)6)35(28-32(44)26-2)49-53(21,22)41(10,11)12/h25,27,31,33-35,37-38H,26,28-30H2,1-24H3/t31-,33+,34-,35+,37+,38-,43?/m0/s1. The van der Waals surface area contributed by atoms with E-state index in [0.717, 1.165) is 0 Å². The van der Waals surface area contributed by atoms with E-state index in [1.54, 1.807) is 0 Å². The van der Waals surface area contributed by atoms with Gasteiger partial charge < -0.3 is 22.4 Å². The Hall–Kier alpha value is -0.252. The number of carbonyl (C=O) groups excluding carboxylic acids is 2. The predicted octanol–water partition coefficient (Wildman–Crippen LogP) is 12.4. The average Bonchev–Trinajstić information content (AvgIpc) is 3.66. The van der Waals surface area contributed by atoms with Crippen molar-refractivity contribution in [2.24, 2.45) is 17.8 Å². The molecule has 0 aromatic carbocycles. The molecule has 1 rings (SSSR count). The van der Waals surface area contributed by atoms with Gasteiger partial charge in [-0.05, 0) is 86.4 Å². The summed E-state index contributed by atoms with van der Waals surface area (Å²) in [6.07, 6.45) is 3.48. The lowest BCUT2D eigenvalue weighted by molar-refractivity contribution is -0.139. The van der Waals surface area contributed by atoms with Crippen LogP contribution in [0.2, 0.25) is 72.5 Å². The maximum atomic E-state index is 16.0. The van der Waals surface area contributed by atoms with Crippen LogP contribution in [0.1, 0.15) is 124 Å². The van der Waals surface area contributed by atoms with Gasteiger partial charge in [-0.1, -0.05) is 109 Å². The van der Waals surface area contributed by atoms with Gasteiger partial charge in [0.2, 0.25) is 0 Å². The smallest absolute Gasteiger partial charge is 0.192 e. The molecule has 1 heterocycles. The second-order valence-corrected chi connectivity index (χ2v) is 41.8. The van der Waals surface area contributed by atoms with Crippen LogP contribution >= 0.6 is 0 Å². The van der Waals surface area contributed by atoms with E-state index in [4.69, 9.17) is 22.4 Å². The van der Waals surface area contributed by atoms with Gasteiger partial charge in [0.15, 0.2) is 33.3 Å². The Kier molecular flexibility index (Phi) is 17.2. The highest BCUT2D eigenvalue weighted by atomic mass is 28.4. The van der Waals surface area contributed by atoms with Gasteiger partial charge in [0, 0.05) is 32.0 Å². The van der Waals surface area contributed by atoms with E-state index in [1.165, 1.54) is 0 Å². The van der Waals surface area contributed by atoms with Crippen molar-refractivity contribution in [3.05, 3.63) is 12.2 Å². The second-order valence-electron chi connectivity index (χ2n) is 22.7. The van der Waals surface area contributed by atoms with Crippen LogP contribution in [0, 0.1) is 17.8 Å². The Morgan fingerprint density at radius 3 is 1.44 bits per heavy atom. The summed E-state index contributed by atoms with van der Waals surface area (Å²) in [6.45, 7) is 53.2. The SMILES string of the molecule is CC=C[C@H](C)[C@H]1OC1(C)[C@@H](O[Si](C)(C)C(C)(C)C)[C@@H](CO[Si](C)(C)C(C)(C)C)C(=O)[C@H](CO[Si](C)(C)C(C)(C)C)[C@@H](CC(=O)CC)O[Si](C)(C)C(C)(C)C. The lowest BCUT2D eigenvalue weighted by atomic mass is 9.79. The van der Waals surface area contributed by atoms with Crippen LogP contribution in [0.5, 0.6) is 0 Å². The molecule has 1 aliphatic rings. The Morgan fingerprint density at radius 2 is 1.07 bits per heavy atom. The summed E-state index contributed by atoms with van der Waals surface area (Å²) >= 11 is 0. The van der Waals surface area contributed by atoms with Crippen LogP contribution in [0.15, 0.2) is 12.2 Å². The molecule has 1 unspecified atom stereocenters. The molecule has 1 fully saturated rings. The van der Waals surface area contributed by atoms with Gasteiger partial charge >= 0.3 is 0 Å². The molecule has 0 saturated carbocycles. The van der Waals surface area contributed by atoms with Gasteiger partial charge in [-0.25, -0.2) is 0 Å². The van der Waals surface area contributed by atoms with Gasteiger partial charge in [0.1, 0.15) is 17.2 Å². The zero-order valence-electron chi connectivity index (χ0n) is 39.8. The summed E-state index contributed by atoms with van der Waals surface area (Å²) in [6, 6.07) is 0. The quantitative estimate of drug-likeness (QED) is 0.0686. The number of allylic oxidation sites excluding steroid dienone is 1. The molecule has 0 bridgehead atoms. The van der Waals surface area contributed by atoms with E-state index >= 15 is 4.79 Å². The van der Waals surface area contributed by atoms with Crippen LogP contribution < -0.4 is 0 Å². The molecule has 0 amide bonds. The van der Waals surface area contributed by atoms with Gasteiger partial charge in [-0.2, -0.15) is 0 Å². The number of rotatable bonds is 20. The largest absolute Gasteiger partial charge is 0.416 e. The Balaban J connectivity index is 4.25. The van der Waals surface area contributed by atoms with E-state index in [0.29, 0.717) is 6.42 Å². The first-order chi connectivity index (χ1) is 23.8. The third-order valence-corrected chi connectivity index (χ3v) is 32.1. The number of ether oxygens (including phenoxy) is 1.